The SMILES string of the molecule is COCCN1CCC(C(=O)N2CCCN(Cc3c(C)noc3C)CC2)CC1. The normalized spacial score (nSPS) is 20.8. The van der Waals surface area contributed by atoms with Crippen molar-refractivity contribution in [2.45, 2.75) is 39.7 Å². The summed E-state index contributed by atoms with van der Waals surface area (Å²) in [6, 6.07) is 0. The third-order valence-corrected chi connectivity index (χ3v) is 6.01. The second-order valence-electron chi connectivity index (χ2n) is 7.87. The molecule has 0 radical (unpaired) electrons. The number of aryl methyl sites for hydroxylation is 2. The molecule has 0 aliphatic carbocycles. The van der Waals surface area contributed by atoms with Gasteiger partial charge in [-0.25, -0.2) is 0 Å². The lowest BCUT2D eigenvalue weighted by molar-refractivity contribution is -0.137. The van der Waals surface area contributed by atoms with Gasteiger partial charge in [0.2, 0.25) is 5.91 Å². The van der Waals surface area contributed by atoms with E-state index in [0.29, 0.717) is 5.91 Å². The first kappa shape index (κ1) is 20.3. The summed E-state index contributed by atoms with van der Waals surface area (Å²) < 4.78 is 10.4. The summed E-state index contributed by atoms with van der Waals surface area (Å²) >= 11 is 0. The molecule has 3 heterocycles. The molecule has 0 aromatic carbocycles. The summed E-state index contributed by atoms with van der Waals surface area (Å²) in [5, 5.41) is 4.06. The number of piperidine rings is 1. The maximum absolute atomic E-state index is 13.0. The van der Waals surface area contributed by atoms with E-state index in [1.165, 1.54) is 5.56 Å². The van der Waals surface area contributed by atoms with E-state index in [9.17, 15) is 4.79 Å². The number of nitrogens with zero attached hydrogens (tertiary/aromatic N) is 4. The van der Waals surface area contributed by atoms with Gasteiger partial charge in [-0.05, 0) is 46.2 Å². The first-order chi connectivity index (χ1) is 13.1. The zero-order valence-corrected chi connectivity index (χ0v) is 17.1. The molecule has 0 unspecified atom stereocenters. The molecule has 0 spiro atoms. The molecule has 3 rings (SSSR count). The van der Waals surface area contributed by atoms with Crippen molar-refractivity contribution in [1.82, 2.24) is 19.9 Å². The third-order valence-electron chi connectivity index (χ3n) is 6.01. The minimum absolute atomic E-state index is 0.193. The van der Waals surface area contributed by atoms with Gasteiger partial charge in [0.05, 0.1) is 12.3 Å². The van der Waals surface area contributed by atoms with Gasteiger partial charge in [-0.2, -0.15) is 0 Å². The average molecular weight is 379 g/mol. The van der Waals surface area contributed by atoms with Crippen LogP contribution in [0.3, 0.4) is 0 Å². The van der Waals surface area contributed by atoms with Crippen molar-refractivity contribution in [3.05, 3.63) is 17.0 Å². The molecule has 1 aromatic heterocycles. The highest BCUT2D eigenvalue weighted by molar-refractivity contribution is 5.79. The van der Waals surface area contributed by atoms with Gasteiger partial charge in [0.25, 0.3) is 0 Å². The Bertz CT molecular complexity index is 591. The lowest BCUT2D eigenvalue weighted by Crippen LogP contribution is -2.44. The van der Waals surface area contributed by atoms with E-state index in [2.05, 4.69) is 19.9 Å². The molecule has 27 heavy (non-hydrogen) atoms. The van der Waals surface area contributed by atoms with Crippen molar-refractivity contribution < 1.29 is 14.1 Å². The van der Waals surface area contributed by atoms with Crippen LogP contribution in [-0.4, -0.2) is 85.3 Å². The van der Waals surface area contributed by atoms with E-state index < -0.39 is 0 Å². The van der Waals surface area contributed by atoms with E-state index in [4.69, 9.17) is 9.26 Å². The number of rotatable bonds is 6. The zero-order chi connectivity index (χ0) is 19.2. The van der Waals surface area contributed by atoms with Crippen LogP contribution in [0.15, 0.2) is 4.52 Å². The Labute approximate surface area is 162 Å². The largest absolute Gasteiger partial charge is 0.383 e. The smallest absolute Gasteiger partial charge is 0.225 e. The monoisotopic (exact) mass is 378 g/mol. The molecule has 0 bridgehead atoms. The molecule has 7 nitrogen and oxygen atoms in total. The lowest BCUT2D eigenvalue weighted by Gasteiger charge is -2.33. The maximum Gasteiger partial charge on any atom is 0.225 e. The molecular weight excluding hydrogens is 344 g/mol. The number of hydrogen-bond donors (Lipinski definition) is 0. The fourth-order valence-electron chi connectivity index (χ4n) is 4.18. The topological polar surface area (TPSA) is 62.1 Å². The van der Waals surface area contributed by atoms with Crippen LogP contribution in [0.25, 0.3) is 0 Å². The quantitative estimate of drug-likeness (QED) is 0.751. The summed E-state index contributed by atoms with van der Waals surface area (Å²) in [6.45, 7) is 12.2. The molecule has 1 aromatic rings. The van der Waals surface area contributed by atoms with Crippen LogP contribution < -0.4 is 0 Å². The zero-order valence-electron chi connectivity index (χ0n) is 17.1. The van der Waals surface area contributed by atoms with Crippen LogP contribution in [-0.2, 0) is 16.1 Å². The summed E-state index contributed by atoms with van der Waals surface area (Å²) in [4.78, 5) is 19.9. The van der Waals surface area contributed by atoms with E-state index in [0.717, 1.165) is 89.7 Å². The molecule has 0 N–H and O–H groups in total. The van der Waals surface area contributed by atoms with Crippen LogP contribution in [0.1, 0.15) is 36.3 Å². The van der Waals surface area contributed by atoms with Crippen molar-refractivity contribution in [3.63, 3.8) is 0 Å². The highest BCUT2D eigenvalue weighted by atomic mass is 16.5. The fraction of sp³-hybridized carbons (Fsp3) is 0.800. The Morgan fingerprint density at radius 2 is 1.89 bits per heavy atom. The number of ether oxygens (including phenoxy) is 1. The molecular formula is C20H34N4O3. The number of carbonyl (C=O) groups is 1. The standard InChI is InChI=1S/C20H34N4O3/c1-16-19(17(2)27-21-16)15-23-7-4-8-24(12-11-23)20(25)18-5-9-22(10-6-18)13-14-26-3/h18H,4-15H2,1-3H3. The Balaban J connectivity index is 1.47. The van der Waals surface area contributed by atoms with Crippen LogP contribution in [0, 0.1) is 19.8 Å². The van der Waals surface area contributed by atoms with Crippen LogP contribution >= 0.6 is 0 Å². The number of likely N-dealkylation sites (tertiary alicyclic amines) is 1. The first-order valence-electron chi connectivity index (χ1n) is 10.2. The van der Waals surface area contributed by atoms with Gasteiger partial charge in [-0.3, -0.25) is 9.69 Å². The van der Waals surface area contributed by atoms with E-state index in [1.54, 1.807) is 7.11 Å². The van der Waals surface area contributed by atoms with E-state index >= 15 is 0 Å². The molecule has 2 aliphatic heterocycles. The van der Waals surface area contributed by atoms with Gasteiger partial charge in [0.1, 0.15) is 5.76 Å². The number of carbonyl (C=O) groups excluding carboxylic acids is 1. The predicted molar refractivity (Wildman–Crippen MR) is 103 cm³/mol. The molecule has 2 fully saturated rings. The average Bonchev–Trinajstić information content (AvgIpc) is 2.88. The second-order valence-corrected chi connectivity index (χ2v) is 7.87. The lowest BCUT2D eigenvalue weighted by atomic mass is 9.95. The Morgan fingerprint density at radius 1 is 1.11 bits per heavy atom. The minimum Gasteiger partial charge on any atom is -0.383 e. The van der Waals surface area contributed by atoms with Gasteiger partial charge in [-0.15, -0.1) is 0 Å². The van der Waals surface area contributed by atoms with E-state index in [1.807, 2.05) is 13.8 Å². The van der Waals surface area contributed by atoms with Crippen molar-refractivity contribution >= 4 is 5.91 Å². The number of methoxy groups -OCH3 is 1. The van der Waals surface area contributed by atoms with Gasteiger partial charge < -0.3 is 19.1 Å². The van der Waals surface area contributed by atoms with Crippen LogP contribution in [0.5, 0.6) is 0 Å². The summed E-state index contributed by atoms with van der Waals surface area (Å²) in [5.74, 6) is 1.46. The minimum atomic E-state index is 0.193. The highest BCUT2D eigenvalue weighted by Gasteiger charge is 2.29. The van der Waals surface area contributed by atoms with Crippen LogP contribution in [0.4, 0.5) is 0 Å². The third kappa shape index (κ3) is 5.30. The van der Waals surface area contributed by atoms with Crippen LogP contribution in [0.2, 0.25) is 0 Å². The highest BCUT2D eigenvalue weighted by Crippen LogP contribution is 2.21. The molecule has 152 valence electrons. The number of aromatic nitrogens is 1. The van der Waals surface area contributed by atoms with Gasteiger partial charge >= 0.3 is 0 Å². The van der Waals surface area contributed by atoms with Crippen molar-refractivity contribution in [3.8, 4) is 0 Å². The summed E-state index contributed by atoms with van der Waals surface area (Å²) in [7, 11) is 1.74. The summed E-state index contributed by atoms with van der Waals surface area (Å²) in [6.07, 6.45) is 2.98. The molecule has 7 heteroatoms. The first-order valence-corrected chi connectivity index (χ1v) is 10.2. The fourth-order valence-corrected chi connectivity index (χ4v) is 4.18. The maximum atomic E-state index is 13.0. The Hall–Kier alpha value is -1.44. The van der Waals surface area contributed by atoms with Gasteiger partial charge in [-0.1, -0.05) is 5.16 Å². The molecule has 2 aliphatic rings. The van der Waals surface area contributed by atoms with Gasteiger partial charge in [0, 0.05) is 57.9 Å². The predicted octanol–water partition coefficient (Wildman–Crippen LogP) is 1.68. The number of hydrogen-bond acceptors (Lipinski definition) is 6. The molecule has 0 atom stereocenters. The molecule has 1 amide bonds. The van der Waals surface area contributed by atoms with Gasteiger partial charge in [0.15, 0.2) is 0 Å². The second kappa shape index (κ2) is 9.66. The Morgan fingerprint density at radius 3 is 2.56 bits per heavy atom. The molecule has 2 saturated heterocycles. The number of amides is 1. The van der Waals surface area contributed by atoms with E-state index in [-0.39, 0.29) is 5.92 Å². The molecule has 0 saturated carbocycles. The van der Waals surface area contributed by atoms with Crippen molar-refractivity contribution in [1.29, 1.82) is 0 Å². The van der Waals surface area contributed by atoms with Crippen molar-refractivity contribution in [2.75, 3.05) is 59.5 Å². The Kier molecular flexibility index (Phi) is 7.26. The van der Waals surface area contributed by atoms with Crippen molar-refractivity contribution in [2.24, 2.45) is 5.92 Å². The summed E-state index contributed by atoms with van der Waals surface area (Å²) in [5.41, 5.74) is 2.17.